The lowest BCUT2D eigenvalue weighted by molar-refractivity contribution is -0.149. The third-order valence-corrected chi connectivity index (χ3v) is 6.36. The number of hydrogen-bond acceptors (Lipinski definition) is 5. The lowest BCUT2D eigenvalue weighted by Crippen LogP contribution is -2.52. The molecule has 19 heavy (non-hydrogen) atoms. The van der Waals surface area contributed by atoms with Gasteiger partial charge in [-0.15, -0.1) is 0 Å². The van der Waals surface area contributed by atoms with Crippen molar-refractivity contribution in [2.75, 3.05) is 26.1 Å². The van der Waals surface area contributed by atoms with Crippen LogP contribution in [0.1, 0.15) is 32.6 Å². The van der Waals surface area contributed by atoms with E-state index in [2.05, 4.69) is 0 Å². The van der Waals surface area contributed by atoms with Gasteiger partial charge >= 0.3 is 0 Å². The van der Waals surface area contributed by atoms with Crippen molar-refractivity contribution in [1.82, 2.24) is 0 Å². The zero-order valence-electron chi connectivity index (χ0n) is 11.8. The maximum absolute atomic E-state index is 11.7. The van der Waals surface area contributed by atoms with Gasteiger partial charge in [-0.2, -0.15) is 0 Å². The minimum atomic E-state index is -3.08. The van der Waals surface area contributed by atoms with Gasteiger partial charge in [0.15, 0.2) is 9.84 Å². The van der Waals surface area contributed by atoms with Crippen LogP contribution in [-0.2, 0) is 19.3 Å². The second kappa shape index (κ2) is 5.68. The molecule has 2 fully saturated rings. The van der Waals surface area contributed by atoms with E-state index in [1.807, 2.05) is 0 Å². The summed E-state index contributed by atoms with van der Waals surface area (Å²) >= 11 is 0. The number of ether oxygens (including phenoxy) is 2. The Kier molecular flexibility index (Phi) is 4.55. The molecule has 0 aromatic rings. The van der Waals surface area contributed by atoms with Gasteiger partial charge in [0.25, 0.3) is 0 Å². The molecule has 0 aromatic carbocycles. The van der Waals surface area contributed by atoms with Crippen LogP contribution in [0.3, 0.4) is 0 Å². The molecule has 1 spiro atoms. The predicted molar refractivity (Wildman–Crippen MR) is 73.7 cm³/mol. The van der Waals surface area contributed by atoms with Crippen molar-refractivity contribution < 1.29 is 17.9 Å². The summed E-state index contributed by atoms with van der Waals surface area (Å²) in [6.07, 6.45) is 4.76. The van der Waals surface area contributed by atoms with Crippen molar-refractivity contribution in [3.8, 4) is 0 Å². The Hall–Kier alpha value is -0.170. The summed E-state index contributed by atoms with van der Waals surface area (Å²) in [6, 6.07) is -0.307. The molecule has 5 nitrogen and oxygen atoms in total. The second-order valence-electron chi connectivity index (χ2n) is 6.01. The Labute approximate surface area is 115 Å². The summed E-state index contributed by atoms with van der Waals surface area (Å²) in [7, 11) is -3.08. The first-order valence-electron chi connectivity index (χ1n) is 7.00. The summed E-state index contributed by atoms with van der Waals surface area (Å²) in [5, 5.41) is -0.493. The third kappa shape index (κ3) is 3.48. The summed E-state index contributed by atoms with van der Waals surface area (Å²) in [5.41, 5.74) is 6.07. The highest BCUT2D eigenvalue weighted by molar-refractivity contribution is 7.91. The molecule has 3 atom stereocenters. The average molecular weight is 291 g/mol. The molecule has 2 heterocycles. The van der Waals surface area contributed by atoms with Gasteiger partial charge < -0.3 is 15.2 Å². The van der Waals surface area contributed by atoms with Crippen LogP contribution in [0.5, 0.6) is 0 Å². The Morgan fingerprint density at radius 1 is 1.26 bits per heavy atom. The van der Waals surface area contributed by atoms with Crippen LogP contribution < -0.4 is 5.73 Å². The number of rotatable bonds is 3. The van der Waals surface area contributed by atoms with Gasteiger partial charge in [-0.3, -0.25) is 0 Å². The summed E-state index contributed by atoms with van der Waals surface area (Å²) in [4.78, 5) is 0. The average Bonchev–Trinajstić information content (AvgIpc) is 2.37. The van der Waals surface area contributed by atoms with Crippen molar-refractivity contribution >= 4 is 9.84 Å². The van der Waals surface area contributed by atoms with Crippen LogP contribution in [0.2, 0.25) is 0 Å². The third-order valence-electron chi connectivity index (χ3n) is 4.70. The maximum atomic E-state index is 11.7. The molecule has 0 saturated carbocycles. The minimum Gasteiger partial charge on any atom is -0.381 e. The lowest BCUT2D eigenvalue weighted by Gasteiger charge is -2.45. The van der Waals surface area contributed by atoms with Crippen molar-refractivity contribution in [2.45, 2.75) is 49.5 Å². The van der Waals surface area contributed by atoms with Gasteiger partial charge in [-0.25, -0.2) is 8.42 Å². The standard InChI is InChI=1S/C13H25NO4S/c1-10(19(2,15)16)12(14)11-3-6-18-13(9-11)4-7-17-8-5-13/h10-12H,3-9,14H2,1-2H3. The minimum absolute atomic E-state index is 0.129. The Morgan fingerprint density at radius 2 is 1.89 bits per heavy atom. The molecular weight excluding hydrogens is 266 g/mol. The van der Waals surface area contributed by atoms with E-state index in [0.29, 0.717) is 6.61 Å². The van der Waals surface area contributed by atoms with Crippen LogP contribution in [-0.4, -0.2) is 51.4 Å². The Bertz CT molecular complexity index is 397. The fourth-order valence-electron chi connectivity index (χ4n) is 3.15. The molecule has 2 saturated heterocycles. The molecular formula is C13H25NO4S. The fourth-order valence-corrected chi connectivity index (χ4v) is 3.95. The quantitative estimate of drug-likeness (QED) is 0.829. The van der Waals surface area contributed by atoms with E-state index in [9.17, 15) is 8.42 Å². The summed E-state index contributed by atoms with van der Waals surface area (Å²) in [5.74, 6) is 0.219. The van der Waals surface area contributed by atoms with Crippen LogP contribution in [0.25, 0.3) is 0 Å². The van der Waals surface area contributed by atoms with Crippen molar-refractivity contribution in [1.29, 1.82) is 0 Å². The van der Waals surface area contributed by atoms with E-state index >= 15 is 0 Å². The van der Waals surface area contributed by atoms with Crippen LogP contribution >= 0.6 is 0 Å². The number of hydrogen-bond donors (Lipinski definition) is 1. The Morgan fingerprint density at radius 3 is 2.47 bits per heavy atom. The van der Waals surface area contributed by atoms with Crippen LogP contribution in [0.4, 0.5) is 0 Å². The van der Waals surface area contributed by atoms with Gasteiger partial charge in [0, 0.05) is 32.1 Å². The molecule has 2 aliphatic rings. The highest BCUT2D eigenvalue weighted by Gasteiger charge is 2.42. The molecule has 0 bridgehead atoms. The van der Waals surface area contributed by atoms with Crippen LogP contribution in [0.15, 0.2) is 0 Å². The Balaban J connectivity index is 2.04. The van der Waals surface area contributed by atoms with Crippen molar-refractivity contribution in [3.05, 3.63) is 0 Å². The first-order valence-corrected chi connectivity index (χ1v) is 8.96. The monoisotopic (exact) mass is 291 g/mol. The first-order chi connectivity index (χ1) is 8.84. The summed E-state index contributed by atoms with van der Waals surface area (Å²) < 4.78 is 34.7. The molecule has 0 radical (unpaired) electrons. The molecule has 112 valence electrons. The largest absolute Gasteiger partial charge is 0.381 e. The zero-order valence-corrected chi connectivity index (χ0v) is 12.6. The zero-order chi connectivity index (χ0) is 14.1. The van der Waals surface area contributed by atoms with Crippen LogP contribution in [0, 0.1) is 5.92 Å². The smallest absolute Gasteiger partial charge is 0.151 e. The topological polar surface area (TPSA) is 78.6 Å². The van der Waals surface area contributed by atoms with E-state index in [0.717, 1.165) is 38.9 Å². The van der Waals surface area contributed by atoms with Crippen molar-refractivity contribution in [3.63, 3.8) is 0 Å². The van der Waals surface area contributed by atoms with E-state index in [1.54, 1.807) is 6.92 Å². The highest BCUT2D eigenvalue weighted by atomic mass is 32.2. The SMILES string of the molecule is CC(C(N)C1CCOC2(CCOCC2)C1)S(C)(=O)=O. The number of nitrogens with two attached hydrogens (primary N) is 1. The molecule has 0 aromatic heterocycles. The molecule has 2 rings (SSSR count). The predicted octanol–water partition coefficient (Wildman–Crippen LogP) is 0.723. The van der Waals surface area contributed by atoms with Gasteiger partial charge in [0.05, 0.1) is 10.9 Å². The van der Waals surface area contributed by atoms with Gasteiger partial charge in [0.2, 0.25) is 0 Å². The molecule has 2 N–H and O–H groups in total. The molecule has 0 aliphatic carbocycles. The van der Waals surface area contributed by atoms with E-state index < -0.39 is 15.1 Å². The molecule has 2 aliphatic heterocycles. The normalized spacial score (nSPS) is 31.0. The fraction of sp³-hybridized carbons (Fsp3) is 1.00. The van der Waals surface area contributed by atoms with Gasteiger partial charge in [-0.1, -0.05) is 0 Å². The van der Waals surface area contributed by atoms with Gasteiger partial charge in [-0.05, 0) is 38.5 Å². The lowest BCUT2D eigenvalue weighted by atomic mass is 9.77. The summed E-state index contributed by atoms with van der Waals surface area (Å²) in [6.45, 7) is 3.84. The molecule has 3 unspecified atom stereocenters. The first kappa shape index (κ1) is 15.2. The van der Waals surface area contributed by atoms with E-state index in [-0.39, 0.29) is 17.6 Å². The molecule has 0 amide bonds. The molecule has 6 heteroatoms. The second-order valence-corrected chi connectivity index (χ2v) is 8.41. The highest BCUT2D eigenvalue weighted by Crippen LogP contribution is 2.38. The van der Waals surface area contributed by atoms with Crippen molar-refractivity contribution in [2.24, 2.45) is 11.7 Å². The number of sulfone groups is 1. The maximum Gasteiger partial charge on any atom is 0.151 e. The van der Waals surface area contributed by atoms with E-state index in [4.69, 9.17) is 15.2 Å². The van der Waals surface area contributed by atoms with Gasteiger partial charge in [0.1, 0.15) is 0 Å². The van der Waals surface area contributed by atoms with E-state index in [1.165, 1.54) is 6.26 Å².